The van der Waals surface area contributed by atoms with Crippen molar-refractivity contribution in [3.8, 4) is 0 Å². The molecule has 7 heteroatoms. The number of amides is 2. The molecule has 0 unspecified atom stereocenters. The average Bonchev–Trinajstić information content (AvgIpc) is 2.55. The number of nitrogens with one attached hydrogen (secondary N) is 1. The lowest BCUT2D eigenvalue weighted by atomic mass is 10.1. The summed E-state index contributed by atoms with van der Waals surface area (Å²) in [6.45, 7) is 3.26. The van der Waals surface area contributed by atoms with Crippen LogP contribution in [0.15, 0.2) is 18.2 Å². The predicted octanol–water partition coefficient (Wildman–Crippen LogP) is 2.63. The lowest BCUT2D eigenvalue weighted by molar-refractivity contribution is -0.384. The minimum Gasteiger partial charge on any atom is -0.343 e. The molecule has 0 saturated carbocycles. The standard InChI is InChI=1S/C16H21N3O4/c1-12-11-13(19(22)23)5-6-14(12)17-15(20)7-8-16(21)18-9-3-2-4-10-18/h5-6,11H,2-4,7-10H2,1H3,(H,17,20). The molecule has 1 aliphatic heterocycles. The number of nitro benzene ring substituents is 1. The maximum Gasteiger partial charge on any atom is 0.269 e. The van der Waals surface area contributed by atoms with Gasteiger partial charge in [0, 0.05) is 43.8 Å². The van der Waals surface area contributed by atoms with Gasteiger partial charge in [-0.1, -0.05) is 0 Å². The normalized spacial score (nSPS) is 14.4. The SMILES string of the molecule is Cc1cc([N+](=O)[O-])ccc1NC(=O)CCC(=O)N1CCCCC1. The van der Waals surface area contributed by atoms with Crippen LogP contribution in [0.3, 0.4) is 0 Å². The maximum absolute atomic E-state index is 12.0. The Bertz CT molecular complexity index is 609. The fourth-order valence-corrected chi connectivity index (χ4v) is 2.64. The van der Waals surface area contributed by atoms with Gasteiger partial charge in [0.25, 0.3) is 5.69 Å². The molecular weight excluding hydrogens is 298 g/mol. The number of nitrogens with zero attached hydrogens (tertiary/aromatic N) is 2. The highest BCUT2D eigenvalue weighted by Gasteiger charge is 2.17. The Balaban J connectivity index is 1.84. The Morgan fingerprint density at radius 1 is 1.22 bits per heavy atom. The molecule has 1 fully saturated rings. The third-order valence-corrected chi connectivity index (χ3v) is 3.97. The number of hydrogen-bond acceptors (Lipinski definition) is 4. The molecule has 7 nitrogen and oxygen atoms in total. The van der Waals surface area contributed by atoms with Gasteiger partial charge in [-0.15, -0.1) is 0 Å². The lowest BCUT2D eigenvalue weighted by Gasteiger charge is -2.26. The van der Waals surface area contributed by atoms with Crippen LogP contribution in [-0.2, 0) is 9.59 Å². The molecule has 0 aromatic heterocycles. The largest absolute Gasteiger partial charge is 0.343 e. The molecule has 0 atom stereocenters. The third kappa shape index (κ3) is 4.77. The van der Waals surface area contributed by atoms with Gasteiger partial charge in [0.2, 0.25) is 11.8 Å². The van der Waals surface area contributed by atoms with Gasteiger partial charge in [0.1, 0.15) is 0 Å². The summed E-state index contributed by atoms with van der Waals surface area (Å²) in [7, 11) is 0. The highest BCUT2D eigenvalue weighted by molar-refractivity contribution is 5.94. The number of hydrogen-bond donors (Lipinski definition) is 1. The van der Waals surface area contributed by atoms with Crippen LogP contribution in [0.25, 0.3) is 0 Å². The van der Waals surface area contributed by atoms with Crippen LogP contribution in [0.1, 0.15) is 37.7 Å². The number of anilines is 1. The molecule has 2 rings (SSSR count). The van der Waals surface area contributed by atoms with E-state index in [1.807, 2.05) is 4.90 Å². The van der Waals surface area contributed by atoms with Crippen LogP contribution in [-0.4, -0.2) is 34.7 Å². The number of benzene rings is 1. The molecule has 1 N–H and O–H groups in total. The maximum atomic E-state index is 12.0. The van der Waals surface area contributed by atoms with Gasteiger partial charge in [-0.25, -0.2) is 0 Å². The van der Waals surface area contributed by atoms with Crippen molar-refractivity contribution in [3.63, 3.8) is 0 Å². The van der Waals surface area contributed by atoms with E-state index in [-0.39, 0.29) is 30.3 Å². The molecule has 0 bridgehead atoms. The van der Waals surface area contributed by atoms with E-state index in [1.165, 1.54) is 18.2 Å². The molecule has 1 aromatic rings. The minimum atomic E-state index is -0.476. The van der Waals surface area contributed by atoms with Crippen LogP contribution in [0.2, 0.25) is 0 Å². The number of nitro groups is 1. The first kappa shape index (κ1) is 16.9. The number of carbonyl (C=O) groups excluding carboxylic acids is 2. The van der Waals surface area contributed by atoms with Crippen LogP contribution in [0, 0.1) is 17.0 Å². The summed E-state index contributed by atoms with van der Waals surface area (Å²) in [5.74, 6) is -0.243. The van der Waals surface area contributed by atoms with E-state index in [0.717, 1.165) is 32.4 Å². The van der Waals surface area contributed by atoms with Crippen molar-refractivity contribution in [1.82, 2.24) is 4.90 Å². The number of non-ortho nitro benzene ring substituents is 1. The summed E-state index contributed by atoms with van der Waals surface area (Å²) in [5, 5.41) is 13.4. The van der Waals surface area contributed by atoms with Crippen molar-refractivity contribution >= 4 is 23.2 Å². The highest BCUT2D eigenvalue weighted by Crippen LogP contribution is 2.21. The van der Waals surface area contributed by atoms with E-state index in [4.69, 9.17) is 0 Å². The summed E-state index contributed by atoms with van der Waals surface area (Å²) < 4.78 is 0. The zero-order valence-electron chi connectivity index (χ0n) is 13.2. The number of carbonyl (C=O) groups is 2. The van der Waals surface area contributed by atoms with E-state index in [1.54, 1.807) is 6.92 Å². The van der Waals surface area contributed by atoms with Gasteiger partial charge in [-0.05, 0) is 37.8 Å². The van der Waals surface area contributed by atoms with Gasteiger partial charge in [-0.3, -0.25) is 19.7 Å². The lowest BCUT2D eigenvalue weighted by Crippen LogP contribution is -2.35. The summed E-state index contributed by atoms with van der Waals surface area (Å²) >= 11 is 0. The van der Waals surface area contributed by atoms with E-state index in [2.05, 4.69) is 5.32 Å². The number of likely N-dealkylation sites (tertiary alicyclic amines) is 1. The molecule has 124 valence electrons. The van der Waals surface area contributed by atoms with Crippen molar-refractivity contribution in [2.45, 2.75) is 39.0 Å². The molecule has 0 spiro atoms. The Morgan fingerprint density at radius 2 is 1.91 bits per heavy atom. The molecule has 2 amide bonds. The zero-order chi connectivity index (χ0) is 16.8. The van der Waals surface area contributed by atoms with Crippen LogP contribution in [0.4, 0.5) is 11.4 Å². The van der Waals surface area contributed by atoms with Gasteiger partial charge in [-0.2, -0.15) is 0 Å². The minimum absolute atomic E-state index is 0.0132. The first-order valence-electron chi connectivity index (χ1n) is 7.80. The molecule has 1 aromatic carbocycles. The van der Waals surface area contributed by atoms with E-state index in [9.17, 15) is 19.7 Å². The molecule has 0 radical (unpaired) electrons. The predicted molar refractivity (Wildman–Crippen MR) is 86.1 cm³/mol. The zero-order valence-corrected chi connectivity index (χ0v) is 13.2. The monoisotopic (exact) mass is 319 g/mol. The Morgan fingerprint density at radius 3 is 2.52 bits per heavy atom. The van der Waals surface area contributed by atoms with E-state index >= 15 is 0 Å². The fraction of sp³-hybridized carbons (Fsp3) is 0.500. The molecular formula is C16H21N3O4. The number of aryl methyl sites for hydroxylation is 1. The quantitative estimate of drug-likeness (QED) is 0.667. The second kappa shape index (κ2) is 7.71. The summed E-state index contributed by atoms with van der Waals surface area (Å²) in [6.07, 6.45) is 3.52. The average molecular weight is 319 g/mol. The van der Waals surface area contributed by atoms with Crippen molar-refractivity contribution in [3.05, 3.63) is 33.9 Å². The summed E-state index contributed by atoms with van der Waals surface area (Å²) in [5.41, 5.74) is 1.14. The van der Waals surface area contributed by atoms with Crippen LogP contribution >= 0.6 is 0 Å². The first-order chi connectivity index (χ1) is 11.0. The Hall–Kier alpha value is -2.44. The number of rotatable bonds is 5. The molecule has 1 aliphatic rings. The van der Waals surface area contributed by atoms with Crippen molar-refractivity contribution < 1.29 is 14.5 Å². The Kier molecular flexibility index (Phi) is 5.67. The third-order valence-electron chi connectivity index (χ3n) is 3.97. The second-order valence-electron chi connectivity index (χ2n) is 5.75. The molecule has 23 heavy (non-hydrogen) atoms. The summed E-state index contributed by atoms with van der Waals surface area (Å²) in [4.78, 5) is 36.0. The van der Waals surface area contributed by atoms with Crippen molar-refractivity contribution in [1.29, 1.82) is 0 Å². The van der Waals surface area contributed by atoms with Crippen LogP contribution < -0.4 is 5.32 Å². The molecule has 1 heterocycles. The highest BCUT2D eigenvalue weighted by atomic mass is 16.6. The number of piperidine rings is 1. The molecule has 1 saturated heterocycles. The van der Waals surface area contributed by atoms with Crippen molar-refractivity contribution in [2.24, 2.45) is 0 Å². The van der Waals surface area contributed by atoms with E-state index in [0.29, 0.717) is 11.3 Å². The van der Waals surface area contributed by atoms with Gasteiger partial charge < -0.3 is 10.2 Å². The van der Waals surface area contributed by atoms with Crippen molar-refractivity contribution in [2.75, 3.05) is 18.4 Å². The smallest absolute Gasteiger partial charge is 0.269 e. The van der Waals surface area contributed by atoms with Gasteiger partial charge in [0.05, 0.1) is 4.92 Å². The topological polar surface area (TPSA) is 92.5 Å². The second-order valence-corrected chi connectivity index (χ2v) is 5.75. The van der Waals surface area contributed by atoms with E-state index < -0.39 is 4.92 Å². The van der Waals surface area contributed by atoms with Gasteiger partial charge >= 0.3 is 0 Å². The fourth-order valence-electron chi connectivity index (χ4n) is 2.64. The Labute approximate surface area is 134 Å². The molecule has 0 aliphatic carbocycles. The first-order valence-corrected chi connectivity index (χ1v) is 7.80. The van der Waals surface area contributed by atoms with Gasteiger partial charge in [0.15, 0.2) is 0 Å². The van der Waals surface area contributed by atoms with Crippen LogP contribution in [0.5, 0.6) is 0 Å². The summed E-state index contributed by atoms with van der Waals surface area (Å²) in [6, 6.07) is 4.27.